The Bertz CT molecular complexity index is 575. The molecule has 88 valence electrons. The molecule has 1 heterocycles. The highest BCUT2D eigenvalue weighted by molar-refractivity contribution is 9.10. The maximum atomic E-state index is 13.7. The van der Waals surface area contributed by atoms with E-state index >= 15 is 0 Å². The first-order valence-corrected chi connectivity index (χ1v) is 5.51. The first-order valence-electron chi connectivity index (χ1n) is 4.72. The molecule has 2 aromatic rings. The second kappa shape index (κ2) is 4.29. The van der Waals surface area contributed by atoms with Crippen molar-refractivity contribution in [1.29, 1.82) is 0 Å². The van der Waals surface area contributed by atoms with Crippen LogP contribution in [0.4, 0.5) is 4.39 Å². The minimum Gasteiger partial charge on any atom is -0.476 e. The second-order valence-electron chi connectivity index (χ2n) is 3.44. The number of nitrogens with zero attached hydrogens (tertiary/aromatic N) is 2. The Kier molecular flexibility index (Phi) is 2.97. The largest absolute Gasteiger partial charge is 0.476 e. The van der Waals surface area contributed by atoms with Gasteiger partial charge in [-0.05, 0) is 34.1 Å². The summed E-state index contributed by atoms with van der Waals surface area (Å²) >= 11 is 3.24. The molecular formula is C11H8BrFN2O2. The van der Waals surface area contributed by atoms with E-state index in [1.807, 2.05) is 0 Å². The number of aryl methyl sites for hydroxylation is 1. The van der Waals surface area contributed by atoms with Crippen LogP contribution >= 0.6 is 15.9 Å². The fraction of sp³-hybridized carbons (Fsp3) is 0.0909. The normalized spacial score (nSPS) is 10.5. The second-order valence-corrected chi connectivity index (χ2v) is 4.29. The summed E-state index contributed by atoms with van der Waals surface area (Å²) in [5.74, 6) is -1.57. The van der Waals surface area contributed by atoms with Gasteiger partial charge in [0.25, 0.3) is 0 Å². The van der Waals surface area contributed by atoms with Crippen LogP contribution in [-0.2, 0) is 7.05 Å². The van der Waals surface area contributed by atoms with E-state index in [-0.39, 0.29) is 5.69 Å². The Morgan fingerprint density at radius 3 is 2.76 bits per heavy atom. The molecule has 17 heavy (non-hydrogen) atoms. The monoisotopic (exact) mass is 298 g/mol. The van der Waals surface area contributed by atoms with Gasteiger partial charge in [0.05, 0.1) is 5.69 Å². The molecule has 2 rings (SSSR count). The topological polar surface area (TPSA) is 55.1 Å². The maximum absolute atomic E-state index is 13.7. The minimum atomic E-state index is -1.14. The molecule has 4 nitrogen and oxygen atoms in total. The molecule has 6 heteroatoms. The molecule has 0 saturated carbocycles. The van der Waals surface area contributed by atoms with Crippen LogP contribution < -0.4 is 0 Å². The van der Waals surface area contributed by atoms with E-state index in [4.69, 9.17) is 5.11 Å². The van der Waals surface area contributed by atoms with Crippen molar-refractivity contribution in [2.24, 2.45) is 7.05 Å². The van der Waals surface area contributed by atoms with Crippen molar-refractivity contribution >= 4 is 21.9 Å². The molecule has 0 bridgehead atoms. The van der Waals surface area contributed by atoms with Crippen molar-refractivity contribution < 1.29 is 14.3 Å². The minimum absolute atomic E-state index is 0.113. The zero-order chi connectivity index (χ0) is 12.6. The zero-order valence-electron chi connectivity index (χ0n) is 8.82. The molecule has 0 amide bonds. The van der Waals surface area contributed by atoms with E-state index in [2.05, 4.69) is 21.0 Å². The number of halogens is 2. The quantitative estimate of drug-likeness (QED) is 0.927. The molecule has 1 N–H and O–H groups in total. The molecule has 0 aliphatic heterocycles. The molecule has 0 saturated heterocycles. The van der Waals surface area contributed by atoms with Crippen molar-refractivity contribution in [2.45, 2.75) is 0 Å². The Balaban J connectivity index is 2.64. The summed E-state index contributed by atoms with van der Waals surface area (Å²) < 4.78 is 15.6. The van der Waals surface area contributed by atoms with Gasteiger partial charge in [0.2, 0.25) is 0 Å². The van der Waals surface area contributed by atoms with Gasteiger partial charge in [-0.1, -0.05) is 6.07 Å². The van der Waals surface area contributed by atoms with Crippen LogP contribution in [0, 0.1) is 5.82 Å². The number of aromatic carboxylic acids is 1. The first kappa shape index (κ1) is 11.8. The third-order valence-corrected chi connectivity index (χ3v) is 2.98. The standard InChI is InChI=1S/C11H8BrFN2O2/c1-15-9(5-8(14-15)11(16)17)10-6(12)3-2-4-7(10)13/h2-5H,1H3,(H,16,17). The Morgan fingerprint density at radius 2 is 2.24 bits per heavy atom. The van der Waals surface area contributed by atoms with E-state index in [1.165, 1.54) is 16.8 Å². The Labute approximate surface area is 105 Å². The van der Waals surface area contributed by atoms with Crippen molar-refractivity contribution in [2.75, 3.05) is 0 Å². The summed E-state index contributed by atoms with van der Waals surface area (Å²) in [4.78, 5) is 10.8. The van der Waals surface area contributed by atoms with Crippen LogP contribution in [0.5, 0.6) is 0 Å². The van der Waals surface area contributed by atoms with Gasteiger partial charge in [0.1, 0.15) is 5.82 Å². The van der Waals surface area contributed by atoms with Crippen LogP contribution in [0.25, 0.3) is 11.3 Å². The third kappa shape index (κ3) is 2.08. The maximum Gasteiger partial charge on any atom is 0.356 e. The zero-order valence-corrected chi connectivity index (χ0v) is 10.4. The lowest BCUT2D eigenvalue weighted by molar-refractivity contribution is 0.0689. The fourth-order valence-corrected chi connectivity index (χ4v) is 2.09. The number of carboxylic acids is 1. The third-order valence-electron chi connectivity index (χ3n) is 2.32. The lowest BCUT2D eigenvalue weighted by Crippen LogP contribution is -1.99. The van der Waals surface area contributed by atoms with Gasteiger partial charge in [-0.25, -0.2) is 9.18 Å². The van der Waals surface area contributed by atoms with E-state index in [9.17, 15) is 9.18 Å². The van der Waals surface area contributed by atoms with Crippen molar-refractivity contribution in [1.82, 2.24) is 9.78 Å². The molecule has 1 aromatic carbocycles. The van der Waals surface area contributed by atoms with Crippen molar-refractivity contribution in [3.8, 4) is 11.3 Å². The number of rotatable bonds is 2. The summed E-state index contributed by atoms with van der Waals surface area (Å²) in [5.41, 5.74) is 0.597. The smallest absolute Gasteiger partial charge is 0.356 e. The van der Waals surface area contributed by atoms with E-state index < -0.39 is 11.8 Å². The number of benzene rings is 1. The van der Waals surface area contributed by atoms with E-state index in [0.717, 1.165) is 0 Å². The molecule has 0 atom stereocenters. The highest BCUT2D eigenvalue weighted by Crippen LogP contribution is 2.30. The van der Waals surface area contributed by atoms with Crippen LogP contribution in [0.15, 0.2) is 28.7 Å². The molecular weight excluding hydrogens is 291 g/mol. The van der Waals surface area contributed by atoms with Crippen LogP contribution in [0.1, 0.15) is 10.5 Å². The lowest BCUT2D eigenvalue weighted by Gasteiger charge is -2.05. The highest BCUT2D eigenvalue weighted by Gasteiger charge is 2.17. The molecule has 0 unspecified atom stereocenters. The number of hydrogen-bond acceptors (Lipinski definition) is 2. The fourth-order valence-electron chi connectivity index (χ4n) is 1.55. The summed E-state index contributed by atoms with van der Waals surface area (Å²) in [6.07, 6.45) is 0. The van der Waals surface area contributed by atoms with E-state index in [0.29, 0.717) is 15.7 Å². The average Bonchev–Trinajstić information content (AvgIpc) is 2.61. The predicted molar refractivity (Wildman–Crippen MR) is 63.3 cm³/mol. The molecule has 0 radical (unpaired) electrons. The van der Waals surface area contributed by atoms with Gasteiger partial charge in [-0.15, -0.1) is 0 Å². The Morgan fingerprint density at radius 1 is 1.53 bits per heavy atom. The Hall–Kier alpha value is -1.69. The first-order chi connectivity index (χ1) is 8.00. The number of hydrogen-bond donors (Lipinski definition) is 1. The van der Waals surface area contributed by atoms with Gasteiger partial charge in [-0.2, -0.15) is 5.10 Å². The summed E-state index contributed by atoms with van der Waals surface area (Å²) in [6.45, 7) is 0. The lowest BCUT2D eigenvalue weighted by atomic mass is 10.1. The molecule has 0 spiro atoms. The van der Waals surface area contributed by atoms with Crippen LogP contribution in [0.3, 0.4) is 0 Å². The highest BCUT2D eigenvalue weighted by atomic mass is 79.9. The van der Waals surface area contributed by atoms with Crippen molar-refractivity contribution in [3.05, 3.63) is 40.2 Å². The predicted octanol–water partition coefficient (Wildman–Crippen LogP) is 2.69. The van der Waals surface area contributed by atoms with Gasteiger partial charge in [0, 0.05) is 17.1 Å². The van der Waals surface area contributed by atoms with Gasteiger partial charge in [-0.3, -0.25) is 4.68 Å². The molecule has 1 aromatic heterocycles. The summed E-state index contributed by atoms with van der Waals surface area (Å²) in [6, 6.07) is 5.91. The summed E-state index contributed by atoms with van der Waals surface area (Å²) in [7, 11) is 1.57. The van der Waals surface area contributed by atoms with Gasteiger partial charge in [0.15, 0.2) is 5.69 Å². The van der Waals surface area contributed by atoms with Crippen LogP contribution in [0.2, 0.25) is 0 Å². The summed E-state index contributed by atoms with van der Waals surface area (Å²) in [5, 5.41) is 12.6. The van der Waals surface area contributed by atoms with Crippen LogP contribution in [-0.4, -0.2) is 20.9 Å². The number of carbonyl (C=O) groups is 1. The molecule has 0 aliphatic carbocycles. The average molecular weight is 299 g/mol. The number of aromatic nitrogens is 2. The SMILES string of the molecule is Cn1nc(C(=O)O)cc1-c1c(F)cccc1Br. The number of carboxylic acid groups (broad SMARTS) is 1. The molecule has 0 aliphatic rings. The van der Waals surface area contributed by atoms with Crippen molar-refractivity contribution in [3.63, 3.8) is 0 Å². The van der Waals surface area contributed by atoms with E-state index in [1.54, 1.807) is 19.2 Å². The molecule has 0 fully saturated rings. The van der Waals surface area contributed by atoms with Gasteiger partial charge < -0.3 is 5.11 Å². The van der Waals surface area contributed by atoms with Gasteiger partial charge >= 0.3 is 5.97 Å².